The van der Waals surface area contributed by atoms with E-state index >= 15 is 0 Å². The molecule has 4 nitrogen and oxygen atoms in total. The van der Waals surface area contributed by atoms with Gasteiger partial charge in [0.15, 0.2) is 11.6 Å². The number of nitrogens with zero attached hydrogens (tertiary/aromatic N) is 1. The molecule has 0 unspecified atom stereocenters. The van der Waals surface area contributed by atoms with Crippen LogP contribution in [0.3, 0.4) is 0 Å². The standard InChI is InChI=1S/C12H15FN2O2S/c1-3-15(7-11(14)18)12(16)8-4-5-10(17-2)9(13)6-8/h4-6H,3,7H2,1-2H3,(H2,14,18). The van der Waals surface area contributed by atoms with Gasteiger partial charge in [0.25, 0.3) is 5.91 Å². The number of benzene rings is 1. The summed E-state index contributed by atoms with van der Waals surface area (Å²) in [5, 5.41) is 0. The quantitative estimate of drug-likeness (QED) is 0.825. The Bertz CT molecular complexity index is 465. The van der Waals surface area contributed by atoms with Crippen molar-refractivity contribution in [3.63, 3.8) is 0 Å². The summed E-state index contributed by atoms with van der Waals surface area (Å²) >= 11 is 4.76. The molecule has 0 saturated carbocycles. The van der Waals surface area contributed by atoms with Gasteiger partial charge in [-0.05, 0) is 25.1 Å². The summed E-state index contributed by atoms with van der Waals surface area (Å²) in [7, 11) is 1.37. The molecule has 1 aromatic rings. The lowest BCUT2D eigenvalue weighted by atomic mass is 10.2. The second kappa shape index (κ2) is 6.30. The van der Waals surface area contributed by atoms with Gasteiger partial charge in [0, 0.05) is 12.1 Å². The molecule has 0 aliphatic carbocycles. The Kier molecular flexibility index (Phi) is 5.03. The first-order chi connectivity index (χ1) is 8.49. The van der Waals surface area contributed by atoms with Crippen molar-refractivity contribution >= 4 is 23.1 Å². The van der Waals surface area contributed by atoms with Gasteiger partial charge in [-0.3, -0.25) is 4.79 Å². The normalized spacial score (nSPS) is 9.94. The fraction of sp³-hybridized carbons (Fsp3) is 0.333. The van der Waals surface area contributed by atoms with Crippen LogP contribution in [0.4, 0.5) is 4.39 Å². The highest BCUT2D eigenvalue weighted by molar-refractivity contribution is 7.80. The fourth-order valence-electron chi connectivity index (χ4n) is 1.50. The number of hydrogen-bond donors (Lipinski definition) is 1. The van der Waals surface area contributed by atoms with Gasteiger partial charge >= 0.3 is 0 Å². The summed E-state index contributed by atoms with van der Waals surface area (Å²) in [6.07, 6.45) is 0. The number of methoxy groups -OCH3 is 1. The van der Waals surface area contributed by atoms with Crippen molar-refractivity contribution < 1.29 is 13.9 Å². The molecule has 0 aliphatic heterocycles. The predicted molar refractivity (Wildman–Crippen MR) is 71.3 cm³/mol. The summed E-state index contributed by atoms with van der Waals surface area (Å²) in [6, 6.07) is 4.06. The van der Waals surface area contributed by atoms with Crippen molar-refractivity contribution in [2.75, 3.05) is 20.2 Å². The summed E-state index contributed by atoms with van der Waals surface area (Å²) in [5.41, 5.74) is 5.65. The number of likely N-dealkylation sites (N-methyl/N-ethyl adjacent to an activating group) is 1. The van der Waals surface area contributed by atoms with E-state index in [0.29, 0.717) is 6.54 Å². The Morgan fingerprint density at radius 1 is 1.56 bits per heavy atom. The van der Waals surface area contributed by atoms with Crippen LogP contribution in [0.2, 0.25) is 0 Å². The zero-order valence-corrected chi connectivity index (χ0v) is 11.1. The van der Waals surface area contributed by atoms with E-state index in [2.05, 4.69) is 0 Å². The van der Waals surface area contributed by atoms with E-state index in [1.165, 1.54) is 24.1 Å². The Morgan fingerprint density at radius 3 is 2.67 bits per heavy atom. The number of ether oxygens (including phenoxy) is 1. The summed E-state index contributed by atoms with van der Waals surface area (Å²) in [5.74, 6) is -0.787. The molecule has 0 aromatic heterocycles. The van der Waals surface area contributed by atoms with E-state index in [-0.39, 0.29) is 28.8 Å². The van der Waals surface area contributed by atoms with Gasteiger partial charge in [-0.25, -0.2) is 4.39 Å². The maximum Gasteiger partial charge on any atom is 0.254 e. The Balaban J connectivity index is 2.95. The van der Waals surface area contributed by atoms with Crippen molar-refractivity contribution in [2.45, 2.75) is 6.92 Å². The van der Waals surface area contributed by atoms with Crippen molar-refractivity contribution in [1.82, 2.24) is 4.90 Å². The predicted octanol–water partition coefficient (Wildman–Crippen LogP) is 1.58. The fourth-order valence-corrected chi connectivity index (χ4v) is 1.65. The molecule has 0 atom stereocenters. The Morgan fingerprint density at radius 2 is 2.22 bits per heavy atom. The maximum absolute atomic E-state index is 13.5. The molecule has 0 radical (unpaired) electrons. The van der Waals surface area contributed by atoms with Crippen LogP contribution in [0.15, 0.2) is 18.2 Å². The number of thiocarbonyl (C=S) groups is 1. The molecule has 0 heterocycles. The summed E-state index contributed by atoms with van der Waals surface area (Å²) in [6.45, 7) is 2.43. The third-order valence-electron chi connectivity index (χ3n) is 2.41. The minimum absolute atomic E-state index is 0.101. The van der Waals surface area contributed by atoms with Crippen LogP contribution in [0, 0.1) is 5.82 Å². The van der Waals surface area contributed by atoms with Crippen LogP contribution in [0.5, 0.6) is 5.75 Å². The van der Waals surface area contributed by atoms with Crippen LogP contribution < -0.4 is 10.5 Å². The first-order valence-corrected chi connectivity index (χ1v) is 5.81. The molecular weight excluding hydrogens is 255 g/mol. The average molecular weight is 270 g/mol. The van der Waals surface area contributed by atoms with Crippen LogP contribution in [-0.2, 0) is 0 Å². The third-order valence-corrected chi connectivity index (χ3v) is 2.54. The van der Waals surface area contributed by atoms with Crippen LogP contribution in [-0.4, -0.2) is 36.0 Å². The van der Waals surface area contributed by atoms with Crippen molar-refractivity contribution in [1.29, 1.82) is 0 Å². The number of amides is 1. The SMILES string of the molecule is CCN(CC(N)=S)C(=O)c1ccc(OC)c(F)c1. The van der Waals surface area contributed by atoms with Gasteiger partial charge in [0.2, 0.25) is 0 Å². The number of carbonyl (C=O) groups is 1. The molecule has 0 bridgehead atoms. The van der Waals surface area contributed by atoms with Crippen molar-refractivity contribution in [2.24, 2.45) is 5.73 Å². The highest BCUT2D eigenvalue weighted by atomic mass is 32.1. The molecule has 98 valence electrons. The molecule has 1 aromatic carbocycles. The number of nitrogens with two attached hydrogens (primary N) is 1. The molecule has 2 N–H and O–H groups in total. The molecular formula is C12H15FN2O2S. The highest BCUT2D eigenvalue weighted by Crippen LogP contribution is 2.18. The monoisotopic (exact) mass is 270 g/mol. The molecule has 0 aliphatic rings. The van der Waals surface area contributed by atoms with Crippen LogP contribution >= 0.6 is 12.2 Å². The smallest absolute Gasteiger partial charge is 0.254 e. The zero-order chi connectivity index (χ0) is 13.7. The lowest BCUT2D eigenvalue weighted by Crippen LogP contribution is -2.37. The first-order valence-electron chi connectivity index (χ1n) is 5.40. The Labute approximate surface area is 111 Å². The average Bonchev–Trinajstić information content (AvgIpc) is 2.34. The number of halogens is 1. The molecule has 18 heavy (non-hydrogen) atoms. The highest BCUT2D eigenvalue weighted by Gasteiger charge is 2.16. The molecule has 0 saturated heterocycles. The molecule has 1 amide bonds. The topological polar surface area (TPSA) is 55.6 Å². The van der Waals surface area contributed by atoms with Crippen LogP contribution in [0.1, 0.15) is 17.3 Å². The summed E-state index contributed by atoms with van der Waals surface area (Å²) < 4.78 is 18.3. The summed E-state index contributed by atoms with van der Waals surface area (Å²) in [4.78, 5) is 13.7. The van der Waals surface area contributed by atoms with Gasteiger partial charge in [-0.15, -0.1) is 0 Å². The lowest BCUT2D eigenvalue weighted by molar-refractivity contribution is 0.0787. The van der Waals surface area contributed by atoms with E-state index < -0.39 is 5.82 Å². The first kappa shape index (κ1) is 14.4. The molecule has 6 heteroatoms. The minimum atomic E-state index is -0.574. The van der Waals surface area contributed by atoms with Gasteiger partial charge < -0.3 is 15.4 Å². The largest absolute Gasteiger partial charge is 0.494 e. The van der Waals surface area contributed by atoms with Gasteiger partial charge in [0.05, 0.1) is 18.6 Å². The van der Waals surface area contributed by atoms with Crippen molar-refractivity contribution in [3.05, 3.63) is 29.6 Å². The maximum atomic E-state index is 13.5. The third kappa shape index (κ3) is 3.40. The number of hydrogen-bond acceptors (Lipinski definition) is 3. The van der Waals surface area contributed by atoms with Gasteiger partial charge in [0.1, 0.15) is 0 Å². The minimum Gasteiger partial charge on any atom is -0.494 e. The molecule has 0 spiro atoms. The Hall–Kier alpha value is -1.69. The lowest BCUT2D eigenvalue weighted by Gasteiger charge is -2.20. The molecule has 0 fully saturated rings. The van der Waals surface area contributed by atoms with E-state index in [1.54, 1.807) is 6.92 Å². The number of carbonyl (C=O) groups excluding carboxylic acids is 1. The molecule has 1 rings (SSSR count). The second-order valence-electron chi connectivity index (χ2n) is 3.63. The van der Waals surface area contributed by atoms with E-state index in [0.717, 1.165) is 6.07 Å². The number of rotatable bonds is 5. The second-order valence-corrected chi connectivity index (χ2v) is 4.16. The van der Waals surface area contributed by atoms with Gasteiger partial charge in [-0.2, -0.15) is 0 Å². The van der Waals surface area contributed by atoms with Gasteiger partial charge in [-0.1, -0.05) is 12.2 Å². The zero-order valence-electron chi connectivity index (χ0n) is 10.3. The van der Waals surface area contributed by atoms with E-state index in [9.17, 15) is 9.18 Å². The van der Waals surface area contributed by atoms with Crippen molar-refractivity contribution in [3.8, 4) is 5.75 Å². The van der Waals surface area contributed by atoms with E-state index in [4.69, 9.17) is 22.7 Å². The van der Waals surface area contributed by atoms with Crippen LogP contribution in [0.25, 0.3) is 0 Å². The van der Waals surface area contributed by atoms with E-state index in [1.807, 2.05) is 0 Å².